The number of aliphatic hydroxyl groups is 1. The number of terminal acetylenes is 1. The van der Waals surface area contributed by atoms with Crippen molar-refractivity contribution in [1.82, 2.24) is 10.2 Å². The molecular weight excluding hydrogens is 164 g/mol. The van der Waals surface area contributed by atoms with Gasteiger partial charge in [-0.05, 0) is 11.6 Å². The van der Waals surface area contributed by atoms with E-state index in [9.17, 15) is 5.11 Å². The molecule has 3 heteroatoms. The molecule has 1 aromatic heterocycles. The van der Waals surface area contributed by atoms with Crippen molar-refractivity contribution in [3.63, 3.8) is 0 Å². The van der Waals surface area contributed by atoms with Crippen LogP contribution in [0.4, 0.5) is 0 Å². The number of nitrogens with zero attached hydrogens (tertiary/aromatic N) is 1. The first kappa shape index (κ1) is 7.84. The smallest absolute Gasteiger partial charge is 0.140 e. The van der Waals surface area contributed by atoms with Crippen LogP contribution < -0.4 is 0 Å². The van der Waals surface area contributed by atoms with E-state index in [1.54, 1.807) is 18.3 Å². The lowest BCUT2D eigenvalue weighted by molar-refractivity contribution is 0.239. The number of aromatic nitrogens is 2. The van der Waals surface area contributed by atoms with Crippen molar-refractivity contribution >= 4 is 10.9 Å². The molecule has 2 N–H and O–H groups in total. The third kappa shape index (κ3) is 1.28. The van der Waals surface area contributed by atoms with Crippen molar-refractivity contribution in [3.8, 4) is 12.3 Å². The van der Waals surface area contributed by atoms with Crippen molar-refractivity contribution in [2.45, 2.75) is 6.10 Å². The summed E-state index contributed by atoms with van der Waals surface area (Å²) in [7, 11) is 0. The zero-order chi connectivity index (χ0) is 9.26. The standard InChI is InChI=1S/C10H8N2O/c1-2-10(13)7-3-4-8-6-11-12-9(8)5-7/h1,3-6,10,13H,(H,11,12). The summed E-state index contributed by atoms with van der Waals surface area (Å²) in [5.74, 6) is 2.26. The fourth-order valence-corrected chi connectivity index (χ4v) is 1.22. The molecule has 2 rings (SSSR count). The number of hydrogen-bond donors (Lipinski definition) is 2. The van der Waals surface area contributed by atoms with E-state index in [0.717, 1.165) is 10.9 Å². The number of benzene rings is 1. The summed E-state index contributed by atoms with van der Waals surface area (Å²) in [4.78, 5) is 0. The Hall–Kier alpha value is -1.79. The van der Waals surface area contributed by atoms with Gasteiger partial charge in [0.05, 0.1) is 11.7 Å². The monoisotopic (exact) mass is 172 g/mol. The Morgan fingerprint density at radius 3 is 3.15 bits per heavy atom. The van der Waals surface area contributed by atoms with Gasteiger partial charge in [0, 0.05) is 5.39 Å². The predicted octanol–water partition coefficient (Wildman–Crippen LogP) is 1.23. The summed E-state index contributed by atoms with van der Waals surface area (Å²) in [6.45, 7) is 0. The second-order valence-corrected chi connectivity index (χ2v) is 2.79. The molecule has 0 aliphatic heterocycles. The summed E-state index contributed by atoms with van der Waals surface area (Å²) < 4.78 is 0. The number of rotatable bonds is 1. The molecule has 0 aliphatic carbocycles. The Bertz CT molecular complexity index is 467. The summed E-state index contributed by atoms with van der Waals surface area (Å²) >= 11 is 0. The second kappa shape index (κ2) is 2.92. The topological polar surface area (TPSA) is 48.9 Å². The van der Waals surface area contributed by atoms with Gasteiger partial charge in [-0.25, -0.2) is 0 Å². The van der Waals surface area contributed by atoms with E-state index in [2.05, 4.69) is 16.1 Å². The quantitative estimate of drug-likeness (QED) is 0.635. The Morgan fingerprint density at radius 1 is 1.54 bits per heavy atom. The highest BCUT2D eigenvalue weighted by Crippen LogP contribution is 2.17. The lowest BCUT2D eigenvalue weighted by Crippen LogP contribution is -1.92. The van der Waals surface area contributed by atoms with Crippen molar-refractivity contribution in [2.75, 3.05) is 0 Å². The molecule has 3 nitrogen and oxygen atoms in total. The Morgan fingerprint density at radius 2 is 2.38 bits per heavy atom. The van der Waals surface area contributed by atoms with E-state index in [0.29, 0.717) is 5.56 Å². The molecule has 64 valence electrons. The molecular formula is C10H8N2O. The molecule has 0 saturated heterocycles. The number of fused-ring (bicyclic) bond motifs is 1. The maximum atomic E-state index is 9.36. The van der Waals surface area contributed by atoms with Crippen LogP contribution >= 0.6 is 0 Å². The highest BCUT2D eigenvalue weighted by Gasteiger charge is 2.04. The largest absolute Gasteiger partial charge is 0.376 e. The third-order valence-electron chi connectivity index (χ3n) is 1.94. The van der Waals surface area contributed by atoms with Gasteiger partial charge >= 0.3 is 0 Å². The molecule has 2 aromatic rings. The van der Waals surface area contributed by atoms with Gasteiger partial charge < -0.3 is 5.11 Å². The molecule has 1 heterocycles. The molecule has 0 fully saturated rings. The predicted molar refractivity (Wildman–Crippen MR) is 49.9 cm³/mol. The highest BCUT2D eigenvalue weighted by atomic mass is 16.3. The van der Waals surface area contributed by atoms with Crippen LogP contribution in [-0.2, 0) is 0 Å². The van der Waals surface area contributed by atoms with Gasteiger partial charge in [0.2, 0.25) is 0 Å². The zero-order valence-electron chi connectivity index (χ0n) is 6.86. The fourth-order valence-electron chi connectivity index (χ4n) is 1.22. The van der Waals surface area contributed by atoms with Gasteiger partial charge in [0.1, 0.15) is 6.10 Å². The summed E-state index contributed by atoms with van der Waals surface area (Å²) in [6.07, 6.45) is 5.98. The second-order valence-electron chi connectivity index (χ2n) is 2.79. The van der Waals surface area contributed by atoms with Crippen LogP contribution in [0.2, 0.25) is 0 Å². The molecule has 1 atom stereocenters. The molecule has 0 aliphatic rings. The van der Waals surface area contributed by atoms with Gasteiger partial charge in [0.25, 0.3) is 0 Å². The lowest BCUT2D eigenvalue weighted by Gasteiger charge is -2.02. The van der Waals surface area contributed by atoms with Crippen molar-refractivity contribution < 1.29 is 5.11 Å². The highest BCUT2D eigenvalue weighted by molar-refractivity contribution is 5.78. The van der Waals surface area contributed by atoms with Gasteiger partial charge in [-0.15, -0.1) is 6.42 Å². The average molecular weight is 172 g/mol. The number of H-pyrrole nitrogens is 1. The third-order valence-corrected chi connectivity index (χ3v) is 1.94. The summed E-state index contributed by atoms with van der Waals surface area (Å²) in [5.41, 5.74) is 1.59. The summed E-state index contributed by atoms with van der Waals surface area (Å²) in [5, 5.41) is 17.0. The molecule has 0 spiro atoms. The van der Waals surface area contributed by atoms with Crippen LogP contribution in [0.5, 0.6) is 0 Å². The molecule has 0 radical (unpaired) electrons. The molecule has 1 aromatic carbocycles. The summed E-state index contributed by atoms with van der Waals surface area (Å²) in [6, 6.07) is 5.46. The molecule has 13 heavy (non-hydrogen) atoms. The van der Waals surface area contributed by atoms with Gasteiger partial charge in [-0.2, -0.15) is 5.10 Å². The van der Waals surface area contributed by atoms with Crippen LogP contribution in [0.15, 0.2) is 24.4 Å². The Labute approximate surface area is 75.4 Å². The van der Waals surface area contributed by atoms with E-state index in [1.165, 1.54) is 0 Å². The van der Waals surface area contributed by atoms with E-state index in [1.807, 2.05) is 6.07 Å². The normalized spacial score (nSPS) is 12.6. The minimum atomic E-state index is -0.840. The number of hydrogen-bond acceptors (Lipinski definition) is 2. The lowest BCUT2D eigenvalue weighted by atomic mass is 10.1. The maximum absolute atomic E-state index is 9.36. The minimum absolute atomic E-state index is 0.708. The first-order valence-corrected chi connectivity index (χ1v) is 3.88. The van der Waals surface area contributed by atoms with Crippen LogP contribution in [0.1, 0.15) is 11.7 Å². The van der Waals surface area contributed by atoms with Gasteiger partial charge in [-0.1, -0.05) is 18.1 Å². The number of aliphatic hydroxyl groups excluding tert-OH is 1. The first-order chi connectivity index (χ1) is 6.31. The van der Waals surface area contributed by atoms with Crippen molar-refractivity contribution in [3.05, 3.63) is 30.0 Å². The Kier molecular flexibility index (Phi) is 1.76. The molecule has 0 amide bonds. The maximum Gasteiger partial charge on any atom is 0.140 e. The van der Waals surface area contributed by atoms with Crippen LogP contribution in [0.25, 0.3) is 10.9 Å². The van der Waals surface area contributed by atoms with Crippen LogP contribution in [-0.4, -0.2) is 15.3 Å². The van der Waals surface area contributed by atoms with E-state index < -0.39 is 6.10 Å². The van der Waals surface area contributed by atoms with E-state index in [4.69, 9.17) is 6.42 Å². The van der Waals surface area contributed by atoms with Crippen LogP contribution in [0, 0.1) is 12.3 Å². The molecule has 0 saturated carbocycles. The van der Waals surface area contributed by atoms with E-state index >= 15 is 0 Å². The van der Waals surface area contributed by atoms with Crippen LogP contribution in [0.3, 0.4) is 0 Å². The van der Waals surface area contributed by atoms with Crippen molar-refractivity contribution in [2.24, 2.45) is 0 Å². The molecule has 1 unspecified atom stereocenters. The van der Waals surface area contributed by atoms with Gasteiger partial charge in [-0.3, -0.25) is 5.10 Å². The fraction of sp³-hybridized carbons (Fsp3) is 0.100. The zero-order valence-corrected chi connectivity index (χ0v) is 6.86. The average Bonchev–Trinajstić information content (AvgIpc) is 2.63. The van der Waals surface area contributed by atoms with Gasteiger partial charge in [0.15, 0.2) is 0 Å². The van der Waals surface area contributed by atoms with E-state index in [-0.39, 0.29) is 0 Å². The SMILES string of the molecule is C#CC(O)c1ccc2cn[nH]c2c1. The number of nitrogens with one attached hydrogen (secondary N) is 1. The first-order valence-electron chi connectivity index (χ1n) is 3.88. The number of aromatic amines is 1. The Balaban J connectivity index is 2.55. The molecule has 0 bridgehead atoms. The minimum Gasteiger partial charge on any atom is -0.376 e. The van der Waals surface area contributed by atoms with Crippen molar-refractivity contribution in [1.29, 1.82) is 0 Å².